The number of ether oxygens (including phenoxy) is 2. The molecule has 2 aromatic rings. The number of aliphatic carboxylic acids is 1. The summed E-state index contributed by atoms with van der Waals surface area (Å²) in [5.74, 6) is -0.506. The maximum Gasteiger partial charge on any atom is 0.329 e. The van der Waals surface area contributed by atoms with Crippen molar-refractivity contribution in [3.05, 3.63) is 65.0 Å². The molecule has 1 aliphatic carbocycles. The first-order chi connectivity index (χ1) is 11.6. The van der Waals surface area contributed by atoms with Gasteiger partial charge in [0.1, 0.15) is 24.8 Å². The highest BCUT2D eigenvalue weighted by Gasteiger charge is 2.20. The maximum atomic E-state index is 13.6. The SMILES string of the molecule is O=C(O)COC1CCc2cc(OCc3ccccc3F)ccc2C1. The van der Waals surface area contributed by atoms with E-state index in [-0.39, 0.29) is 25.1 Å². The van der Waals surface area contributed by atoms with Crippen LogP contribution in [-0.2, 0) is 29.0 Å². The molecule has 126 valence electrons. The highest BCUT2D eigenvalue weighted by molar-refractivity contribution is 5.68. The fraction of sp³-hybridized carbons (Fsp3) is 0.316. The first kappa shape index (κ1) is 16.5. The number of aryl methyl sites for hydroxylation is 1. The predicted molar refractivity (Wildman–Crippen MR) is 86.6 cm³/mol. The molecule has 5 heteroatoms. The number of benzene rings is 2. The molecule has 0 aromatic heterocycles. The van der Waals surface area contributed by atoms with E-state index in [0.717, 1.165) is 18.4 Å². The predicted octanol–water partition coefficient (Wildman–Crippen LogP) is 3.36. The smallest absolute Gasteiger partial charge is 0.329 e. The monoisotopic (exact) mass is 330 g/mol. The summed E-state index contributed by atoms with van der Waals surface area (Å²) in [4.78, 5) is 10.6. The number of carbonyl (C=O) groups is 1. The van der Waals surface area contributed by atoms with E-state index in [0.29, 0.717) is 17.7 Å². The van der Waals surface area contributed by atoms with Crippen molar-refractivity contribution in [1.82, 2.24) is 0 Å². The summed E-state index contributed by atoms with van der Waals surface area (Å²) in [5.41, 5.74) is 2.85. The Balaban J connectivity index is 1.61. The van der Waals surface area contributed by atoms with Crippen molar-refractivity contribution < 1.29 is 23.8 Å². The topological polar surface area (TPSA) is 55.8 Å². The van der Waals surface area contributed by atoms with Crippen LogP contribution in [0.5, 0.6) is 5.75 Å². The summed E-state index contributed by atoms with van der Waals surface area (Å²) in [5, 5.41) is 8.68. The third kappa shape index (κ3) is 4.11. The molecular formula is C19H19FO4. The standard InChI is InChI=1S/C19H19FO4/c20-18-4-2-1-3-15(18)11-23-16-7-5-14-10-17(24-12-19(21)22)8-6-13(14)9-16/h1-5,7,9,17H,6,8,10-12H2,(H,21,22). The zero-order valence-electron chi connectivity index (χ0n) is 13.2. The largest absolute Gasteiger partial charge is 0.489 e. The van der Waals surface area contributed by atoms with E-state index in [1.165, 1.54) is 11.6 Å². The summed E-state index contributed by atoms with van der Waals surface area (Å²) in [7, 11) is 0. The van der Waals surface area contributed by atoms with Gasteiger partial charge in [-0.25, -0.2) is 9.18 Å². The molecule has 0 saturated carbocycles. The molecule has 1 N–H and O–H groups in total. The molecule has 0 fully saturated rings. The minimum Gasteiger partial charge on any atom is -0.489 e. The molecule has 0 amide bonds. The molecule has 0 aliphatic heterocycles. The van der Waals surface area contributed by atoms with Gasteiger partial charge in [0.05, 0.1) is 6.10 Å². The molecule has 1 aliphatic rings. The molecule has 3 rings (SSSR count). The number of carboxylic acids is 1. The number of hydrogen-bond acceptors (Lipinski definition) is 3. The third-order valence-electron chi connectivity index (χ3n) is 4.16. The maximum absolute atomic E-state index is 13.6. The first-order valence-corrected chi connectivity index (χ1v) is 7.93. The van der Waals surface area contributed by atoms with Crippen molar-refractivity contribution >= 4 is 5.97 Å². The van der Waals surface area contributed by atoms with Crippen molar-refractivity contribution in [2.45, 2.75) is 32.0 Å². The molecule has 0 saturated heterocycles. The number of rotatable bonds is 6. The van der Waals surface area contributed by atoms with Gasteiger partial charge in [-0.15, -0.1) is 0 Å². The van der Waals surface area contributed by atoms with Crippen LogP contribution in [0.4, 0.5) is 4.39 Å². The lowest BCUT2D eigenvalue weighted by Crippen LogP contribution is -2.25. The van der Waals surface area contributed by atoms with Crippen molar-refractivity contribution in [3.63, 3.8) is 0 Å². The average molecular weight is 330 g/mol. The van der Waals surface area contributed by atoms with E-state index in [1.54, 1.807) is 18.2 Å². The lowest BCUT2D eigenvalue weighted by molar-refractivity contribution is -0.144. The van der Waals surface area contributed by atoms with Crippen LogP contribution in [0.15, 0.2) is 42.5 Å². The van der Waals surface area contributed by atoms with Crippen molar-refractivity contribution in [1.29, 1.82) is 0 Å². The zero-order chi connectivity index (χ0) is 16.9. The number of halogens is 1. The van der Waals surface area contributed by atoms with Gasteiger partial charge in [-0.2, -0.15) is 0 Å². The molecule has 1 atom stereocenters. The normalized spacial score (nSPS) is 16.5. The quantitative estimate of drug-likeness (QED) is 0.882. The Morgan fingerprint density at radius 1 is 1.21 bits per heavy atom. The molecule has 1 unspecified atom stereocenters. The van der Waals surface area contributed by atoms with Gasteiger partial charge >= 0.3 is 5.97 Å². The molecule has 2 aromatic carbocycles. The number of fused-ring (bicyclic) bond motifs is 1. The van der Waals surface area contributed by atoms with Crippen LogP contribution in [0.1, 0.15) is 23.1 Å². The second-order valence-electron chi connectivity index (χ2n) is 5.88. The van der Waals surface area contributed by atoms with Crippen LogP contribution >= 0.6 is 0 Å². The Morgan fingerprint density at radius 2 is 2.04 bits per heavy atom. The van der Waals surface area contributed by atoms with Gasteiger partial charge in [-0.05, 0) is 48.6 Å². The van der Waals surface area contributed by atoms with E-state index >= 15 is 0 Å². The molecule has 0 bridgehead atoms. The van der Waals surface area contributed by atoms with Gasteiger partial charge in [-0.1, -0.05) is 24.3 Å². The van der Waals surface area contributed by atoms with Crippen LogP contribution in [0, 0.1) is 5.82 Å². The highest BCUT2D eigenvalue weighted by atomic mass is 19.1. The van der Waals surface area contributed by atoms with Gasteiger partial charge in [0.15, 0.2) is 0 Å². The van der Waals surface area contributed by atoms with Crippen LogP contribution in [0.3, 0.4) is 0 Å². The Labute approximate surface area is 139 Å². The minimum atomic E-state index is -0.947. The van der Waals surface area contributed by atoms with Crippen LogP contribution in [0.25, 0.3) is 0 Å². The lowest BCUT2D eigenvalue weighted by Gasteiger charge is -2.24. The average Bonchev–Trinajstić information content (AvgIpc) is 2.59. The van der Waals surface area contributed by atoms with Crippen molar-refractivity contribution in [2.24, 2.45) is 0 Å². The number of hydrogen-bond donors (Lipinski definition) is 1. The van der Waals surface area contributed by atoms with E-state index in [4.69, 9.17) is 14.6 Å². The van der Waals surface area contributed by atoms with Gasteiger partial charge in [0, 0.05) is 5.56 Å². The second-order valence-corrected chi connectivity index (χ2v) is 5.88. The van der Waals surface area contributed by atoms with Crippen molar-refractivity contribution in [2.75, 3.05) is 6.61 Å². The highest BCUT2D eigenvalue weighted by Crippen LogP contribution is 2.27. The summed E-state index contributed by atoms with van der Waals surface area (Å²) in [6.45, 7) is -0.0698. The van der Waals surface area contributed by atoms with E-state index in [9.17, 15) is 9.18 Å². The van der Waals surface area contributed by atoms with Crippen molar-refractivity contribution in [3.8, 4) is 5.75 Å². The summed E-state index contributed by atoms with van der Waals surface area (Å²) < 4.78 is 24.7. The van der Waals surface area contributed by atoms with Gasteiger partial charge in [0.25, 0.3) is 0 Å². The van der Waals surface area contributed by atoms with Gasteiger partial charge < -0.3 is 14.6 Å². The molecule has 0 spiro atoms. The fourth-order valence-electron chi connectivity index (χ4n) is 2.90. The summed E-state index contributed by atoms with van der Waals surface area (Å²) in [6.07, 6.45) is 2.25. The minimum absolute atomic E-state index is 0.0567. The summed E-state index contributed by atoms with van der Waals surface area (Å²) in [6, 6.07) is 12.4. The molecule has 0 radical (unpaired) electrons. The van der Waals surface area contributed by atoms with E-state index in [1.807, 2.05) is 18.2 Å². The van der Waals surface area contributed by atoms with Crippen LogP contribution in [0.2, 0.25) is 0 Å². The van der Waals surface area contributed by atoms with Crippen LogP contribution < -0.4 is 4.74 Å². The molecule has 4 nitrogen and oxygen atoms in total. The Bertz CT molecular complexity index is 729. The summed E-state index contributed by atoms with van der Waals surface area (Å²) >= 11 is 0. The van der Waals surface area contributed by atoms with E-state index in [2.05, 4.69) is 0 Å². The molecule has 0 heterocycles. The molecule has 24 heavy (non-hydrogen) atoms. The molecular weight excluding hydrogens is 311 g/mol. The number of carboxylic acid groups (broad SMARTS) is 1. The second kappa shape index (κ2) is 7.45. The van der Waals surface area contributed by atoms with Crippen LogP contribution in [-0.4, -0.2) is 23.8 Å². The van der Waals surface area contributed by atoms with E-state index < -0.39 is 5.97 Å². The lowest BCUT2D eigenvalue weighted by atomic mass is 9.89. The third-order valence-corrected chi connectivity index (χ3v) is 4.16. The Kier molecular flexibility index (Phi) is 5.11. The Morgan fingerprint density at radius 3 is 2.83 bits per heavy atom. The first-order valence-electron chi connectivity index (χ1n) is 7.93. The zero-order valence-corrected chi connectivity index (χ0v) is 13.2. The Hall–Kier alpha value is -2.40. The van der Waals surface area contributed by atoms with Gasteiger partial charge in [0.2, 0.25) is 0 Å². The van der Waals surface area contributed by atoms with Gasteiger partial charge in [-0.3, -0.25) is 0 Å². The fourth-order valence-corrected chi connectivity index (χ4v) is 2.90.